The highest BCUT2D eigenvalue weighted by atomic mass is 32.1. The van der Waals surface area contributed by atoms with E-state index in [0.29, 0.717) is 10.9 Å². The number of aryl methyl sites for hydroxylation is 1. The molecule has 0 atom stereocenters. The molecule has 0 radical (unpaired) electrons. The number of thiazole rings is 1. The summed E-state index contributed by atoms with van der Waals surface area (Å²) in [6.07, 6.45) is 0.940. The van der Waals surface area contributed by atoms with Crippen molar-refractivity contribution in [2.24, 2.45) is 0 Å². The lowest BCUT2D eigenvalue weighted by Crippen LogP contribution is -2.30. The van der Waals surface area contributed by atoms with Gasteiger partial charge in [-0.2, -0.15) is 0 Å². The first-order valence-corrected chi connectivity index (χ1v) is 10.5. The summed E-state index contributed by atoms with van der Waals surface area (Å²) in [6, 6.07) is 23.0. The van der Waals surface area contributed by atoms with Gasteiger partial charge in [-0.05, 0) is 60.5 Å². The number of fused-ring (bicyclic) bond motifs is 1. The molecule has 4 rings (SSSR count). The first kappa shape index (κ1) is 19.9. The molecule has 0 fully saturated rings. The summed E-state index contributed by atoms with van der Waals surface area (Å²) in [6.45, 7) is 2.01. The van der Waals surface area contributed by atoms with E-state index in [-0.39, 0.29) is 12.5 Å². The van der Waals surface area contributed by atoms with Crippen LogP contribution in [0.4, 0.5) is 10.8 Å². The molecule has 30 heavy (non-hydrogen) atoms. The third-order valence-electron chi connectivity index (χ3n) is 4.75. The Labute approximate surface area is 179 Å². The van der Waals surface area contributed by atoms with Gasteiger partial charge in [0.05, 0.1) is 23.0 Å². The minimum atomic E-state index is -0.186. The maximum atomic E-state index is 13.2. The second-order valence-corrected chi connectivity index (χ2v) is 7.69. The van der Waals surface area contributed by atoms with Crippen molar-refractivity contribution >= 4 is 38.3 Å². The molecule has 5 nitrogen and oxygen atoms in total. The summed E-state index contributed by atoms with van der Waals surface area (Å²) in [5.41, 5.74) is 2.86. The Morgan fingerprint density at radius 3 is 2.33 bits per heavy atom. The Morgan fingerprint density at radius 2 is 1.67 bits per heavy atom. The smallest absolute Gasteiger partial charge is 0.271 e. The molecule has 0 spiro atoms. The summed E-state index contributed by atoms with van der Waals surface area (Å²) < 4.78 is 11.9. The van der Waals surface area contributed by atoms with E-state index in [1.54, 1.807) is 36.3 Å². The quantitative estimate of drug-likeness (QED) is 0.391. The molecule has 0 aliphatic carbocycles. The van der Waals surface area contributed by atoms with Gasteiger partial charge in [-0.25, -0.2) is 4.98 Å². The van der Waals surface area contributed by atoms with Gasteiger partial charge in [-0.1, -0.05) is 42.5 Å². The van der Waals surface area contributed by atoms with Crippen molar-refractivity contribution < 1.29 is 14.3 Å². The molecule has 4 aromatic rings. The summed E-state index contributed by atoms with van der Waals surface area (Å²) in [7, 11) is 1.61. The Balaban J connectivity index is 1.62. The van der Waals surface area contributed by atoms with Crippen LogP contribution in [0.1, 0.15) is 12.5 Å². The van der Waals surface area contributed by atoms with E-state index < -0.39 is 0 Å². The van der Waals surface area contributed by atoms with E-state index in [1.807, 2.05) is 48.5 Å². The van der Waals surface area contributed by atoms with Gasteiger partial charge in [0.15, 0.2) is 11.7 Å². The monoisotopic (exact) mass is 418 g/mol. The zero-order valence-corrected chi connectivity index (χ0v) is 17.7. The molecular formula is C24H22N2O3S. The Bertz CT molecular complexity index is 1100. The molecule has 152 valence electrons. The van der Waals surface area contributed by atoms with Gasteiger partial charge < -0.3 is 9.47 Å². The third kappa shape index (κ3) is 4.28. The number of anilines is 2. The largest absolute Gasteiger partial charge is 0.497 e. The fraction of sp³-hybridized carbons (Fsp3) is 0.167. The highest BCUT2D eigenvalue weighted by Crippen LogP contribution is 2.33. The normalized spacial score (nSPS) is 10.7. The molecule has 0 unspecified atom stereocenters. The second kappa shape index (κ2) is 8.97. The molecule has 1 aromatic heterocycles. The highest BCUT2D eigenvalue weighted by molar-refractivity contribution is 7.22. The zero-order chi connectivity index (χ0) is 20.9. The van der Waals surface area contributed by atoms with E-state index >= 15 is 0 Å². The van der Waals surface area contributed by atoms with Crippen LogP contribution < -0.4 is 14.4 Å². The molecule has 1 heterocycles. The lowest BCUT2D eigenvalue weighted by Gasteiger charge is -2.20. The van der Waals surface area contributed by atoms with Gasteiger partial charge in [-0.3, -0.25) is 9.69 Å². The number of carbonyl (C=O) groups excluding carboxylic acids is 1. The summed E-state index contributed by atoms with van der Waals surface area (Å²) in [5.74, 6) is 1.16. The van der Waals surface area contributed by atoms with Gasteiger partial charge in [0.25, 0.3) is 5.91 Å². The fourth-order valence-corrected chi connectivity index (χ4v) is 4.08. The SMILES string of the molecule is CCc1ccc(N(C(=O)COc2ccc(OC)cc2)c2nc3ccccc3s2)cc1. The first-order valence-electron chi connectivity index (χ1n) is 9.72. The lowest BCUT2D eigenvalue weighted by molar-refractivity contribution is -0.119. The van der Waals surface area contributed by atoms with Crippen molar-refractivity contribution in [2.75, 3.05) is 18.6 Å². The van der Waals surface area contributed by atoms with Gasteiger partial charge in [0, 0.05) is 0 Å². The van der Waals surface area contributed by atoms with E-state index in [0.717, 1.165) is 28.1 Å². The number of nitrogens with zero attached hydrogens (tertiary/aromatic N) is 2. The minimum absolute atomic E-state index is 0.0994. The molecule has 0 aliphatic rings. The van der Waals surface area contributed by atoms with Gasteiger partial charge in [-0.15, -0.1) is 0 Å². The number of hydrogen-bond acceptors (Lipinski definition) is 5. The average molecular weight is 419 g/mol. The third-order valence-corrected chi connectivity index (χ3v) is 5.77. The standard InChI is InChI=1S/C24H22N2O3S/c1-3-17-8-10-18(11-9-17)26(24-25-21-6-4-5-7-22(21)30-24)23(27)16-29-20-14-12-19(28-2)13-15-20/h4-15H,3,16H2,1-2H3. The molecule has 0 bridgehead atoms. The number of aromatic nitrogens is 1. The molecule has 0 saturated carbocycles. The number of ether oxygens (including phenoxy) is 2. The molecule has 0 N–H and O–H groups in total. The van der Waals surface area contributed by atoms with Crippen molar-refractivity contribution in [1.29, 1.82) is 0 Å². The van der Waals surface area contributed by atoms with Crippen LogP contribution in [-0.2, 0) is 11.2 Å². The van der Waals surface area contributed by atoms with Gasteiger partial charge in [0.2, 0.25) is 0 Å². The Kier molecular flexibility index (Phi) is 5.95. The Morgan fingerprint density at radius 1 is 0.967 bits per heavy atom. The maximum Gasteiger partial charge on any atom is 0.271 e. The van der Waals surface area contributed by atoms with Crippen molar-refractivity contribution in [2.45, 2.75) is 13.3 Å². The zero-order valence-electron chi connectivity index (χ0n) is 16.9. The summed E-state index contributed by atoms with van der Waals surface area (Å²) in [5, 5.41) is 0.628. The van der Waals surface area contributed by atoms with Crippen LogP contribution in [0.3, 0.4) is 0 Å². The van der Waals surface area contributed by atoms with Crippen molar-refractivity contribution in [3.63, 3.8) is 0 Å². The second-order valence-electron chi connectivity index (χ2n) is 6.68. The van der Waals surface area contributed by atoms with E-state index in [9.17, 15) is 4.79 Å². The molecule has 6 heteroatoms. The predicted molar refractivity (Wildman–Crippen MR) is 121 cm³/mol. The van der Waals surface area contributed by atoms with Crippen molar-refractivity contribution in [3.8, 4) is 11.5 Å². The number of carbonyl (C=O) groups is 1. The maximum absolute atomic E-state index is 13.2. The summed E-state index contributed by atoms with van der Waals surface area (Å²) in [4.78, 5) is 19.5. The van der Waals surface area contributed by atoms with Crippen LogP contribution in [0.2, 0.25) is 0 Å². The Hall–Kier alpha value is -3.38. The van der Waals surface area contributed by atoms with Crippen LogP contribution in [-0.4, -0.2) is 24.6 Å². The number of hydrogen-bond donors (Lipinski definition) is 0. The van der Waals surface area contributed by atoms with E-state index in [4.69, 9.17) is 9.47 Å². The van der Waals surface area contributed by atoms with Crippen LogP contribution in [0.15, 0.2) is 72.8 Å². The molecule has 0 aliphatic heterocycles. The number of para-hydroxylation sites is 1. The number of rotatable bonds is 7. The number of benzene rings is 3. The van der Waals surface area contributed by atoms with Gasteiger partial charge in [0.1, 0.15) is 11.5 Å². The molecule has 0 saturated heterocycles. The van der Waals surface area contributed by atoms with E-state index in [1.165, 1.54) is 16.9 Å². The number of methoxy groups -OCH3 is 1. The van der Waals surface area contributed by atoms with Crippen molar-refractivity contribution in [3.05, 3.63) is 78.4 Å². The van der Waals surface area contributed by atoms with Crippen LogP contribution >= 0.6 is 11.3 Å². The fourth-order valence-electron chi connectivity index (χ4n) is 3.08. The van der Waals surface area contributed by atoms with E-state index in [2.05, 4.69) is 11.9 Å². The number of amides is 1. The van der Waals surface area contributed by atoms with Gasteiger partial charge >= 0.3 is 0 Å². The van der Waals surface area contributed by atoms with Crippen molar-refractivity contribution in [1.82, 2.24) is 4.98 Å². The topological polar surface area (TPSA) is 51.7 Å². The minimum Gasteiger partial charge on any atom is -0.497 e. The van der Waals surface area contributed by atoms with Crippen LogP contribution in [0, 0.1) is 0 Å². The summed E-state index contributed by atoms with van der Waals surface area (Å²) >= 11 is 1.49. The first-order chi connectivity index (χ1) is 14.7. The van der Waals surface area contributed by atoms with Crippen LogP contribution in [0.5, 0.6) is 11.5 Å². The molecule has 1 amide bonds. The lowest BCUT2D eigenvalue weighted by atomic mass is 10.1. The molecular weight excluding hydrogens is 396 g/mol. The molecule has 3 aromatic carbocycles. The average Bonchev–Trinajstić information content (AvgIpc) is 3.22. The van der Waals surface area contributed by atoms with Crippen LogP contribution in [0.25, 0.3) is 10.2 Å². The highest BCUT2D eigenvalue weighted by Gasteiger charge is 2.22. The predicted octanol–water partition coefficient (Wildman–Crippen LogP) is 5.61.